The van der Waals surface area contributed by atoms with E-state index in [1.807, 2.05) is 0 Å². The van der Waals surface area contributed by atoms with Crippen LogP contribution in [0, 0.1) is 0 Å². The van der Waals surface area contributed by atoms with Gasteiger partial charge in [0.05, 0.1) is 12.1 Å². The number of carbonyl (C=O) groups excluding carboxylic acids is 1. The summed E-state index contributed by atoms with van der Waals surface area (Å²) in [5.74, 6) is -0.173. The number of halogens is 3. The third kappa shape index (κ3) is 3.47. The van der Waals surface area contributed by atoms with Crippen LogP contribution in [-0.2, 0) is 17.5 Å². The van der Waals surface area contributed by atoms with Crippen LogP contribution in [0.15, 0.2) is 18.2 Å². The molecule has 1 fully saturated rings. The summed E-state index contributed by atoms with van der Waals surface area (Å²) in [5, 5.41) is 2.83. The molecule has 7 heteroatoms. The van der Waals surface area contributed by atoms with Gasteiger partial charge >= 0.3 is 6.18 Å². The van der Waals surface area contributed by atoms with Gasteiger partial charge in [0, 0.05) is 32.4 Å². The molecule has 0 saturated carbocycles. The molecule has 0 bridgehead atoms. The quantitative estimate of drug-likeness (QED) is 0.923. The van der Waals surface area contributed by atoms with Crippen molar-refractivity contribution in [3.05, 3.63) is 29.3 Å². The second-order valence-electron chi connectivity index (χ2n) is 5.12. The zero-order chi connectivity index (χ0) is 15.6. The van der Waals surface area contributed by atoms with E-state index in [9.17, 15) is 18.0 Å². The number of nitrogens with one attached hydrogen (secondary N) is 1. The standard InChI is InChI=1S/C14H18F3N3O/c1-18-8-10-3-4-12(11(7-10)14(15,16)17)20-6-5-19(2)13(21)9-20/h3-4,7,18H,5-6,8-9H2,1-2H3. The highest BCUT2D eigenvalue weighted by molar-refractivity contribution is 5.83. The Hall–Kier alpha value is -1.76. The molecular formula is C14H18F3N3O. The van der Waals surface area contributed by atoms with Crippen LogP contribution >= 0.6 is 0 Å². The highest BCUT2D eigenvalue weighted by Gasteiger charge is 2.36. The Labute approximate surface area is 121 Å². The van der Waals surface area contributed by atoms with Gasteiger partial charge in [0.1, 0.15) is 0 Å². The fourth-order valence-corrected chi connectivity index (χ4v) is 2.36. The number of hydrogen-bond acceptors (Lipinski definition) is 3. The second kappa shape index (κ2) is 5.93. The number of carbonyl (C=O) groups is 1. The van der Waals surface area contributed by atoms with Crippen LogP contribution < -0.4 is 10.2 Å². The molecule has 0 radical (unpaired) electrons. The van der Waals surface area contributed by atoms with Gasteiger partial charge in [-0.3, -0.25) is 4.79 Å². The molecule has 1 aliphatic heterocycles. The third-order valence-corrected chi connectivity index (χ3v) is 3.55. The van der Waals surface area contributed by atoms with Crippen LogP contribution in [0.1, 0.15) is 11.1 Å². The largest absolute Gasteiger partial charge is 0.418 e. The average molecular weight is 301 g/mol. The van der Waals surface area contributed by atoms with Crippen molar-refractivity contribution in [2.75, 3.05) is 38.6 Å². The molecule has 1 aromatic carbocycles. The Morgan fingerprint density at radius 3 is 2.57 bits per heavy atom. The van der Waals surface area contributed by atoms with Crippen LogP contribution in [-0.4, -0.2) is 44.5 Å². The first-order valence-corrected chi connectivity index (χ1v) is 6.66. The molecule has 0 atom stereocenters. The van der Waals surface area contributed by atoms with E-state index in [0.717, 1.165) is 6.07 Å². The van der Waals surface area contributed by atoms with E-state index in [1.165, 1.54) is 15.9 Å². The first-order chi connectivity index (χ1) is 9.82. The number of nitrogens with zero attached hydrogens (tertiary/aromatic N) is 2. The normalized spacial score (nSPS) is 16.5. The fraction of sp³-hybridized carbons (Fsp3) is 0.500. The van der Waals surface area contributed by atoms with Crippen molar-refractivity contribution in [1.82, 2.24) is 10.2 Å². The lowest BCUT2D eigenvalue weighted by Gasteiger charge is -2.35. The summed E-state index contributed by atoms with van der Waals surface area (Å²) in [5.41, 5.74) is -0.0505. The molecule has 1 amide bonds. The summed E-state index contributed by atoms with van der Waals surface area (Å²) in [4.78, 5) is 14.7. The minimum absolute atomic E-state index is 0.0229. The van der Waals surface area contributed by atoms with Gasteiger partial charge in [0.2, 0.25) is 5.91 Å². The van der Waals surface area contributed by atoms with E-state index in [0.29, 0.717) is 25.2 Å². The van der Waals surface area contributed by atoms with Gasteiger partial charge in [-0.2, -0.15) is 13.2 Å². The molecule has 1 N–H and O–H groups in total. The maximum absolute atomic E-state index is 13.3. The molecule has 0 unspecified atom stereocenters. The van der Waals surface area contributed by atoms with Gasteiger partial charge in [-0.1, -0.05) is 6.07 Å². The Bertz CT molecular complexity index is 531. The number of piperazine rings is 1. The predicted molar refractivity (Wildman–Crippen MR) is 74.1 cm³/mol. The van der Waals surface area contributed by atoms with Crippen molar-refractivity contribution in [2.45, 2.75) is 12.7 Å². The lowest BCUT2D eigenvalue weighted by atomic mass is 10.1. The van der Waals surface area contributed by atoms with Crippen molar-refractivity contribution in [2.24, 2.45) is 0 Å². The predicted octanol–water partition coefficient (Wildman–Crippen LogP) is 1.70. The maximum atomic E-state index is 13.3. The van der Waals surface area contributed by atoms with Gasteiger partial charge in [0.25, 0.3) is 0 Å². The van der Waals surface area contributed by atoms with Crippen molar-refractivity contribution < 1.29 is 18.0 Å². The average Bonchev–Trinajstić information content (AvgIpc) is 2.41. The molecular weight excluding hydrogens is 283 g/mol. The SMILES string of the molecule is CNCc1ccc(N2CCN(C)C(=O)C2)c(C(F)(F)F)c1. The molecule has 0 spiro atoms. The lowest BCUT2D eigenvalue weighted by molar-refractivity contribution is -0.137. The number of benzene rings is 1. The van der Waals surface area contributed by atoms with Gasteiger partial charge in [-0.25, -0.2) is 0 Å². The highest BCUT2D eigenvalue weighted by Crippen LogP contribution is 2.37. The van der Waals surface area contributed by atoms with Crippen molar-refractivity contribution in [1.29, 1.82) is 0 Å². The van der Waals surface area contributed by atoms with Gasteiger partial charge in [-0.05, 0) is 24.7 Å². The summed E-state index contributed by atoms with van der Waals surface area (Å²) in [7, 11) is 3.33. The summed E-state index contributed by atoms with van der Waals surface area (Å²) in [6.45, 7) is 1.17. The molecule has 1 saturated heterocycles. The number of hydrogen-bond donors (Lipinski definition) is 1. The zero-order valence-electron chi connectivity index (χ0n) is 12.0. The third-order valence-electron chi connectivity index (χ3n) is 3.55. The lowest BCUT2D eigenvalue weighted by Crippen LogP contribution is -2.49. The van der Waals surface area contributed by atoms with Crippen molar-refractivity contribution in [3.8, 4) is 0 Å². The van der Waals surface area contributed by atoms with Gasteiger partial charge in [-0.15, -0.1) is 0 Å². The minimum Gasteiger partial charge on any atom is -0.360 e. The van der Waals surface area contributed by atoms with Crippen LogP contribution in [0.25, 0.3) is 0 Å². The topological polar surface area (TPSA) is 35.6 Å². The number of amides is 1. The molecule has 2 rings (SSSR count). The molecule has 4 nitrogen and oxygen atoms in total. The van der Waals surface area contributed by atoms with Crippen LogP contribution in [0.3, 0.4) is 0 Å². The van der Waals surface area contributed by atoms with E-state index >= 15 is 0 Å². The van der Waals surface area contributed by atoms with Gasteiger partial charge in [0.15, 0.2) is 0 Å². The molecule has 0 aromatic heterocycles. The van der Waals surface area contributed by atoms with Crippen LogP contribution in [0.5, 0.6) is 0 Å². The van der Waals surface area contributed by atoms with E-state index < -0.39 is 11.7 Å². The second-order valence-corrected chi connectivity index (χ2v) is 5.12. The number of alkyl halides is 3. The Kier molecular flexibility index (Phi) is 4.41. The minimum atomic E-state index is -4.44. The molecule has 1 aliphatic rings. The highest BCUT2D eigenvalue weighted by atomic mass is 19.4. The molecule has 0 aliphatic carbocycles. The van der Waals surface area contributed by atoms with E-state index in [2.05, 4.69) is 5.32 Å². The van der Waals surface area contributed by atoms with Crippen molar-refractivity contribution in [3.63, 3.8) is 0 Å². The van der Waals surface area contributed by atoms with E-state index in [-0.39, 0.29) is 18.1 Å². The van der Waals surface area contributed by atoms with Gasteiger partial charge < -0.3 is 15.1 Å². The van der Waals surface area contributed by atoms with E-state index in [1.54, 1.807) is 20.2 Å². The summed E-state index contributed by atoms with van der Waals surface area (Å²) < 4.78 is 39.8. The fourth-order valence-electron chi connectivity index (χ4n) is 2.36. The number of anilines is 1. The Balaban J connectivity index is 2.36. The molecule has 1 aromatic rings. The molecule has 116 valence electrons. The summed E-state index contributed by atoms with van der Waals surface area (Å²) in [6, 6.07) is 4.26. The first kappa shape index (κ1) is 15.6. The smallest absolute Gasteiger partial charge is 0.360 e. The zero-order valence-corrected chi connectivity index (χ0v) is 12.0. The Morgan fingerprint density at radius 2 is 2.00 bits per heavy atom. The Morgan fingerprint density at radius 1 is 1.29 bits per heavy atom. The van der Waals surface area contributed by atoms with Crippen LogP contribution in [0.2, 0.25) is 0 Å². The maximum Gasteiger partial charge on any atom is 0.418 e. The number of rotatable bonds is 3. The first-order valence-electron chi connectivity index (χ1n) is 6.66. The number of likely N-dealkylation sites (N-methyl/N-ethyl adjacent to an activating group) is 1. The van der Waals surface area contributed by atoms with Crippen LogP contribution in [0.4, 0.5) is 18.9 Å². The van der Waals surface area contributed by atoms with Crippen molar-refractivity contribution >= 4 is 11.6 Å². The molecule has 1 heterocycles. The monoisotopic (exact) mass is 301 g/mol. The summed E-state index contributed by atoms with van der Waals surface area (Å²) in [6.07, 6.45) is -4.44. The van der Waals surface area contributed by atoms with E-state index in [4.69, 9.17) is 0 Å². The molecule has 21 heavy (non-hydrogen) atoms. The summed E-state index contributed by atoms with van der Waals surface area (Å²) >= 11 is 0.